The summed E-state index contributed by atoms with van der Waals surface area (Å²) in [6, 6.07) is 8.21. The number of nitrogens with one attached hydrogen (secondary N) is 2. The molecule has 0 unspecified atom stereocenters. The summed E-state index contributed by atoms with van der Waals surface area (Å²) in [5.41, 5.74) is -1.48. The largest absolute Gasteiger partial charge is 0.416 e. The molecule has 7 rings (SSSR count). The van der Waals surface area contributed by atoms with Gasteiger partial charge in [-0.3, -0.25) is 14.5 Å². The number of pyridine rings is 1. The highest BCUT2D eigenvalue weighted by Crippen LogP contribution is 2.56. The van der Waals surface area contributed by atoms with Gasteiger partial charge in [0.25, 0.3) is 11.5 Å². The maximum absolute atomic E-state index is 13.1. The van der Waals surface area contributed by atoms with Crippen molar-refractivity contribution in [2.24, 2.45) is 29.6 Å². The topological polar surface area (TPSA) is 85.4 Å². The number of hydrogen-bond donors (Lipinski definition) is 3. The van der Waals surface area contributed by atoms with Crippen LogP contribution < -0.4 is 10.9 Å². The maximum atomic E-state index is 13.1. The van der Waals surface area contributed by atoms with Crippen LogP contribution in [0.1, 0.15) is 72.1 Å². The van der Waals surface area contributed by atoms with Crippen molar-refractivity contribution < 1.29 is 23.1 Å². The molecule has 1 saturated heterocycles. The molecule has 1 amide bonds. The van der Waals surface area contributed by atoms with Crippen molar-refractivity contribution in [3.63, 3.8) is 0 Å². The number of carbonyl (C=O) groups excluding carboxylic acids is 1. The fourth-order valence-electron chi connectivity index (χ4n) is 8.06. The van der Waals surface area contributed by atoms with Crippen LogP contribution in [0.15, 0.2) is 41.2 Å². The Morgan fingerprint density at radius 3 is 2.31 bits per heavy atom. The highest BCUT2D eigenvalue weighted by molar-refractivity contribution is 5.93. The molecular weight excluding hydrogens is 507 g/mol. The third kappa shape index (κ3) is 5.40. The van der Waals surface area contributed by atoms with Crippen LogP contribution in [-0.2, 0) is 18.3 Å². The number of aromatic nitrogens is 1. The summed E-state index contributed by atoms with van der Waals surface area (Å²) < 4.78 is 39.4. The van der Waals surface area contributed by atoms with E-state index in [1.165, 1.54) is 44.2 Å². The number of rotatable bonds is 6. The van der Waals surface area contributed by atoms with Crippen molar-refractivity contribution in [1.82, 2.24) is 15.2 Å². The molecular formula is C30H36F3N3O3. The van der Waals surface area contributed by atoms with E-state index in [0.29, 0.717) is 49.6 Å². The molecule has 39 heavy (non-hydrogen) atoms. The van der Waals surface area contributed by atoms with Gasteiger partial charge in [-0.1, -0.05) is 12.1 Å². The zero-order valence-electron chi connectivity index (χ0n) is 22.0. The Morgan fingerprint density at radius 2 is 1.69 bits per heavy atom. The number of alkyl halides is 3. The normalized spacial score (nSPS) is 29.9. The lowest BCUT2D eigenvalue weighted by atomic mass is 9.52. The van der Waals surface area contributed by atoms with E-state index in [-0.39, 0.29) is 29.9 Å². The van der Waals surface area contributed by atoms with Crippen molar-refractivity contribution in [3.05, 3.63) is 69.1 Å². The molecule has 9 heteroatoms. The zero-order chi connectivity index (χ0) is 27.4. The van der Waals surface area contributed by atoms with Crippen LogP contribution in [-0.4, -0.2) is 40.5 Å². The number of H-pyrrole nitrogens is 1. The summed E-state index contributed by atoms with van der Waals surface area (Å²) in [7, 11) is 0. The number of hydrogen-bond acceptors (Lipinski definition) is 4. The lowest BCUT2D eigenvalue weighted by molar-refractivity contribution is -0.137. The Labute approximate surface area is 226 Å². The van der Waals surface area contributed by atoms with Gasteiger partial charge < -0.3 is 15.4 Å². The summed E-state index contributed by atoms with van der Waals surface area (Å²) in [4.78, 5) is 30.5. The van der Waals surface area contributed by atoms with Crippen LogP contribution in [0.25, 0.3) is 0 Å². The molecule has 5 aliphatic rings. The molecule has 6 nitrogen and oxygen atoms in total. The molecule has 1 aliphatic heterocycles. The molecule has 4 saturated carbocycles. The molecule has 5 fully saturated rings. The third-order valence-electron chi connectivity index (χ3n) is 9.94. The predicted molar refractivity (Wildman–Crippen MR) is 140 cm³/mol. The summed E-state index contributed by atoms with van der Waals surface area (Å²) >= 11 is 0. The SMILES string of the molecule is O=C(NCC1C2CC3CC(C2)CC1C3)c1ccc(CN2CCC(O)(c3cccc(C(F)(F)F)c3)CC2)[nH]c1=O. The van der Waals surface area contributed by atoms with Crippen LogP contribution in [0.5, 0.6) is 0 Å². The molecule has 0 radical (unpaired) electrons. The standard InChI is InChI=1S/C30H36F3N3O3/c31-30(32,33)23-3-1-2-22(15-23)29(39)6-8-36(9-7-29)17-24-4-5-25(28(38)35-24)27(37)34-16-26-20-11-18-10-19(13-20)14-21(26)12-18/h1-5,15,18-21,26,39H,6-14,16-17H2,(H,34,37)(H,35,38). The minimum Gasteiger partial charge on any atom is -0.385 e. The first-order chi connectivity index (χ1) is 18.6. The fourth-order valence-corrected chi connectivity index (χ4v) is 8.06. The minimum atomic E-state index is -4.46. The molecule has 3 N–H and O–H groups in total. The second-order valence-corrected chi connectivity index (χ2v) is 12.4. The summed E-state index contributed by atoms with van der Waals surface area (Å²) in [5.74, 6) is 3.36. The first-order valence-electron chi connectivity index (χ1n) is 14.2. The number of aliphatic hydroxyl groups is 1. The monoisotopic (exact) mass is 543 g/mol. The Hall–Kier alpha value is -2.65. The Morgan fingerprint density at radius 1 is 1.03 bits per heavy atom. The molecule has 2 heterocycles. The van der Waals surface area contributed by atoms with Gasteiger partial charge in [0, 0.05) is 31.9 Å². The average molecular weight is 544 g/mol. The van der Waals surface area contributed by atoms with E-state index in [0.717, 1.165) is 24.0 Å². The van der Waals surface area contributed by atoms with E-state index in [1.807, 2.05) is 4.90 Å². The highest BCUT2D eigenvalue weighted by atomic mass is 19.4. The van der Waals surface area contributed by atoms with Gasteiger partial charge in [0.2, 0.25) is 0 Å². The summed E-state index contributed by atoms with van der Waals surface area (Å²) in [6.45, 7) is 1.98. The lowest BCUT2D eigenvalue weighted by Gasteiger charge is -2.54. The average Bonchev–Trinajstić information content (AvgIpc) is 2.89. The summed E-state index contributed by atoms with van der Waals surface area (Å²) in [6.07, 6.45) is 2.65. The van der Waals surface area contributed by atoms with Crippen LogP contribution in [0, 0.1) is 29.6 Å². The molecule has 4 bridgehead atoms. The van der Waals surface area contributed by atoms with Gasteiger partial charge >= 0.3 is 6.18 Å². The van der Waals surface area contributed by atoms with E-state index in [9.17, 15) is 27.9 Å². The number of halogens is 3. The molecule has 1 aromatic heterocycles. The number of benzene rings is 1. The number of nitrogens with zero attached hydrogens (tertiary/aromatic N) is 1. The maximum Gasteiger partial charge on any atom is 0.416 e. The van der Waals surface area contributed by atoms with Crippen LogP contribution in [0.4, 0.5) is 13.2 Å². The van der Waals surface area contributed by atoms with E-state index >= 15 is 0 Å². The van der Waals surface area contributed by atoms with Crippen LogP contribution >= 0.6 is 0 Å². The van der Waals surface area contributed by atoms with Crippen molar-refractivity contribution in [1.29, 1.82) is 0 Å². The van der Waals surface area contributed by atoms with Gasteiger partial charge in [0.1, 0.15) is 5.56 Å². The number of piperidine rings is 1. The number of carbonyl (C=O) groups is 1. The minimum absolute atomic E-state index is 0.111. The molecule has 210 valence electrons. The van der Waals surface area contributed by atoms with Gasteiger partial charge in [0.05, 0.1) is 11.2 Å². The molecule has 0 atom stereocenters. The van der Waals surface area contributed by atoms with E-state index in [2.05, 4.69) is 10.3 Å². The van der Waals surface area contributed by atoms with Crippen molar-refractivity contribution >= 4 is 5.91 Å². The van der Waals surface area contributed by atoms with E-state index in [1.54, 1.807) is 12.1 Å². The Kier molecular flexibility index (Phi) is 6.86. The van der Waals surface area contributed by atoms with Gasteiger partial charge in [-0.05, 0) is 104 Å². The Bertz CT molecular complexity index is 1250. The highest BCUT2D eigenvalue weighted by Gasteiger charge is 2.48. The zero-order valence-corrected chi connectivity index (χ0v) is 22.0. The smallest absolute Gasteiger partial charge is 0.385 e. The quantitative estimate of drug-likeness (QED) is 0.494. The molecule has 0 spiro atoms. The fraction of sp³-hybridized carbons (Fsp3) is 0.600. The van der Waals surface area contributed by atoms with Gasteiger partial charge in [-0.2, -0.15) is 13.2 Å². The van der Waals surface area contributed by atoms with Gasteiger partial charge in [0.15, 0.2) is 0 Å². The molecule has 1 aromatic carbocycles. The Balaban J connectivity index is 1.03. The third-order valence-corrected chi connectivity index (χ3v) is 9.94. The van der Waals surface area contributed by atoms with Gasteiger partial charge in [-0.15, -0.1) is 0 Å². The number of amides is 1. The molecule has 2 aromatic rings. The van der Waals surface area contributed by atoms with Crippen LogP contribution in [0.2, 0.25) is 0 Å². The number of aromatic amines is 1. The second-order valence-electron chi connectivity index (χ2n) is 12.4. The van der Waals surface area contributed by atoms with E-state index < -0.39 is 22.9 Å². The van der Waals surface area contributed by atoms with Crippen molar-refractivity contribution in [3.8, 4) is 0 Å². The number of likely N-dealkylation sites (tertiary alicyclic amines) is 1. The summed E-state index contributed by atoms with van der Waals surface area (Å²) in [5, 5.41) is 14.1. The predicted octanol–water partition coefficient (Wildman–Crippen LogP) is 4.68. The van der Waals surface area contributed by atoms with E-state index in [4.69, 9.17) is 0 Å². The van der Waals surface area contributed by atoms with Crippen molar-refractivity contribution in [2.75, 3.05) is 19.6 Å². The van der Waals surface area contributed by atoms with Crippen LogP contribution in [0.3, 0.4) is 0 Å². The first-order valence-corrected chi connectivity index (χ1v) is 14.2. The van der Waals surface area contributed by atoms with Crippen molar-refractivity contribution in [2.45, 2.75) is 63.3 Å². The molecule has 4 aliphatic carbocycles. The second kappa shape index (κ2) is 10.1. The lowest BCUT2D eigenvalue weighted by Crippen LogP contribution is -2.49. The first kappa shape index (κ1) is 26.6. The van der Waals surface area contributed by atoms with Gasteiger partial charge in [-0.25, -0.2) is 0 Å².